The predicted octanol–water partition coefficient (Wildman–Crippen LogP) is 9.58. The summed E-state index contributed by atoms with van der Waals surface area (Å²) in [5.74, 6) is -0.476. The van der Waals surface area contributed by atoms with E-state index in [0.717, 1.165) is 64.4 Å². The van der Waals surface area contributed by atoms with E-state index in [1.165, 1.54) is 25.8 Å². The van der Waals surface area contributed by atoms with E-state index in [1.807, 2.05) is 42.6 Å². The summed E-state index contributed by atoms with van der Waals surface area (Å²) in [6.45, 7) is 5.52. The maximum atomic E-state index is 10.6. The SMILES string of the molecule is COc1ccc2cc(-c3nc(-c4c(Cl)cccc4Cl)[nH]c3-c3ccnc(NCCCN4CCCCC4C)c3)ccc2c1.O=C(O)C(F)(F)F. The van der Waals surface area contributed by atoms with Gasteiger partial charge in [0.15, 0.2) is 0 Å². The highest BCUT2D eigenvalue weighted by Crippen LogP contribution is 2.39. The van der Waals surface area contributed by atoms with Crippen LogP contribution in [-0.4, -0.2) is 69.9 Å². The highest BCUT2D eigenvalue weighted by Gasteiger charge is 2.38. The van der Waals surface area contributed by atoms with Crippen molar-refractivity contribution in [2.75, 3.05) is 32.1 Å². The first kappa shape index (κ1) is 36.0. The third kappa shape index (κ3) is 9.03. The number of carbonyl (C=O) groups is 1. The van der Waals surface area contributed by atoms with E-state index in [1.54, 1.807) is 7.11 Å². The second-order valence-corrected chi connectivity index (χ2v) is 12.5. The zero-order valence-electron chi connectivity index (χ0n) is 27.0. The number of hydrogen-bond donors (Lipinski definition) is 3. The highest BCUT2D eigenvalue weighted by atomic mass is 35.5. The van der Waals surface area contributed by atoms with Crippen LogP contribution < -0.4 is 10.1 Å². The summed E-state index contributed by atoms with van der Waals surface area (Å²) in [4.78, 5) is 24.7. The van der Waals surface area contributed by atoms with Crippen molar-refractivity contribution in [2.24, 2.45) is 0 Å². The van der Waals surface area contributed by atoms with Gasteiger partial charge in [0.05, 0.1) is 34.1 Å². The molecule has 0 bridgehead atoms. The first-order chi connectivity index (χ1) is 23.4. The van der Waals surface area contributed by atoms with Gasteiger partial charge in [-0.05, 0) is 86.0 Å². The number of H-pyrrole nitrogens is 1. The molecule has 0 radical (unpaired) electrons. The van der Waals surface area contributed by atoms with E-state index in [-0.39, 0.29) is 0 Å². The summed E-state index contributed by atoms with van der Waals surface area (Å²) < 4.78 is 37.2. The quantitative estimate of drug-likeness (QED) is 0.131. The van der Waals surface area contributed by atoms with E-state index in [9.17, 15) is 13.2 Å². The van der Waals surface area contributed by atoms with Crippen molar-refractivity contribution in [3.8, 4) is 39.7 Å². The normalized spacial score (nSPS) is 15.0. The minimum absolute atomic E-state index is 0.542. The van der Waals surface area contributed by atoms with Gasteiger partial charge < -0.3 is 25.0 Å². The van der Waals surface area contributed by atoms with Crippen LogP contribution in [0.4, 0.5) is 19.0 Å². The van der Waals surface area contributed by atoms with Crippen molar-refractivity contribution >= 4 is 45.8 Å². The number of nitrogens with zero attached hydrogens (tertiary/aromatic N) is 3. The van der Waals surface area contributed by atoms with E-state index >= 15 is 0 Å². The topological polar surface area (TPSA) is 103 Å². The molecule has 0 aliphatic carbocycles. The number of hydrogen-bond acceptors (Lipinski definition) is 6. The van der Waals surface area contributed by atoms with Crippen LogP contribution in [-0.2, 0) is 4.79 Å². The Morgan fingerprint density at radius 3 is 2.45 bits per heavy atom. The molecule has 1 unspecified atom stereocenters. The van der Waals surface area contributed by atoms with Gasteiger partial charge in [-0.2, -0.15) is 13.2 Å². The minimum Gasteiger partial charge on any atom is -0.497 e. The van der Waals surface area contributed by atoms with Crippen molar-refractivity contribution in [1.82, 2.24) is 19.9 Å². The zero-order chi connectivity index (χ0) is 35.1. The number of benzene rings is 3. The number of aromatic amines is 1. The summed E-state index contributed by atoms with van der Waals surface area (Å²) in [5.41, 5.74) is 4.33. The standard InChI is InChI=1S/C34H35Cl2N5O.C2HF3O2/c1-22-7-3-4-17-41(22)18-6-15-37-30-21-26(14-16-38-30)33-32(39-34(40-33)31-28(35)8-5-9-29(31)36)25-11-10-24-20-27(42-2)13-12-23(24)19-25;3-2(4,5)1(6)7/h5,8-14,16,19-22H,3-4,6-7,15,17-18H2,1-2H3,(H,37,38)(H,39,40);(H,6,7). The molecule has 1 aliphatic rings. The van der Waals surface area contributed by atoms with Crippen molar-refractivity contribution in [3.05, 3.63) is 83.0 Å². The number of alkyl halides is 3. The number of carboxylic acids is 1. The van der Waals surface area contributed by atoms with Crippen LogP contribution in [0.3, 0.4) is 0 Å². The number of likely N-dealkylation sites (tertiary alicyclic amines) is 1. The predicted molar refractivity (Wildman–Crippen MR) is 188 cm³/mol. The Bertz CT molecular complexity index is 1900. The average Bonchev–Trinajstić information content (AvgIpc) is 3.52. The van der Waals surface area contributed by atoms with Gasteiger partial charge in [-0.25, -0.2) is 14.8 Å². The number of carboxylic acid groups (broad SMARTS) is 1. The molecule has 0 amide bonds. The molecule has 5 aromatic rings. The fraction of sp³-hybridized carbons (Fsp3) is 0.306. The van der Waals surface area contributed by atoms with E-state index in [4.69, 9.17) is 42.8 Å². The van der Waals surface area contributed by atoms with Crippen molar-refractivity contribution in [3.63, 3.8) is 0 Å². The van der Waals surface area contributed by atoms with Crippen molar-refractivity contribution in [1.29, 1.82) is 0 Å². The summed E-state index contributed by atoms with van der Waals surface area (Å²) in [6, 6.07) is 22.6. The van der Waals surface area contributed by atoms with E-state index in [2.05, 4.69) is 57.4 Å². The molecule has 3 aromatic carbocycles. The molecular formula is C36H36Cl2F3N5O3. The van der Waals surface area contributed by atoms with Gasteiger partial charge in [-0.15, -0.1) is 0 Å². The monoisotopic (exact) mass is 713 g/mol. The van der Waals surface area contributed by atoms with Crippen molar-refractivity contribution in [2.45, 2.75) is 44.8 Å². The largest absolute Gasteiger partial charge is 0.497 e. The number of fused-ring (bicyclic) bond motifs is 1. The average molecular weight is 715 g/mol. The number of piperidine rings is 1. The molecule has 1 fully saturated rings. The third-order valence-electron chi connectivity index (χ3n) is 8.38. The molecular weight excluding hydrogens is 678 g/mol. The summed E-state index contributed by atoms with van der Waals surface area (Å²) in [5, 5.41) is 13.9. The Hall–Kier alpha value is -4.32. The fourth-order valence-corrected chi connectivity index (χ4v) is 6.38. The van der Waals surface area contributed by atoms with Gasteiger partial charge >= 0.3 is 12.1 Å². The van der Waals surface area contributed by atoms with Crippen LogP contribution in [0.5, 0.6) is 5.75 Å². The molecule has 3 N–H and O–H groups in total. The lowest BCUT2D eigenvalue weighted by atomic mass is 10.0. The second kappa shape index (κ2) is 15.9. The lowest BCUT2D eigenvalue weighted by molar-refractivity contribution is -0.192. The van der Waals surface area contributed by atoms with E-state index in [0.29, 0.717) is 27.5 Å². The van der Waals surface area contributed by atoms with Crippen LogP contribution >= 0.6 is 23.2 Å². The number of halogens is 5. The molecule has 0 saturated carbocycles. The highest BCUT2D eigenvalue weighted by molar-refractivity contribution is 6.39. The number of anilines is 1. The molecule has 2 aromatic heterocycles. The van der Waals surface area contributed by atoms with Crippen LogP contribution in [0, 0.1) is 0 Å². The number of aromatic nitrogens is 3. The molecule has 1 atom stereocenters. The van der Waals surface area contributed by atoms with Crippen molar-refractivity contribution < 1.29 is 27.8 Å². The van der Waals surface area contributed by atoms with Crippen LogP contribution in [0.1, 0.15) is 32.6 Å². The second-order valence-electron chi connectivity index (χ2n) is 11.7. The lowest BCUT2D eigenvalue weighted by Gasteiger charge is -2.33. The lowest BCUT2D eigenvalue weighted by Crippen LogP contribution is -2.38. The van der Waals surface area contributed by atoms with Crippen LogP contribution in [0.2, 0.25) is 10.0 Å². The van der Waals surface area contributed by atoms with Gasteiger partial charge in [0.2, 0.25) is 0 Å². The molecule has 8 nitrogen and oxygen atoms in total. The maximum Gasteiger partial charge on any atom is 0.490 e. The number of pyridine rings is 1. The van der Waals surface area contributed by atoms with Gasteiger partial charge in [-0.3, -0.25) is 0 Å². The molecule has 49 heavy (non-hydrogen) atoms. The summed E-state index contributed by atoms with van der Waals surface area (Å²) >= 11 is 13.2. The maximum absolute atomic E-state index is 10.6. The molecule has 1 aliphatic heterocycles. The Labute approximate surface area is 292 Å². The third-order valence-corrected chi connectivity index (χ3v) is 9.01. The Morgan fingerprint density at radius 2 is 1.76 bits per heavy atom. The minimum atomic E-state index is -5.08. The Balaban J connectivity index is 0.000000606. The fourth-order valence-electron chi connectivity index (χ4n) is 5.80. The molecule has 0 spiro atoms. The van der Waals surface area contributed by atoms with Crippen LogP contribution in [0.15, 0.2) is 72.9 Å². The molecule has 258 valence electrons. The number of ether oxygens (including phenoxy) is 1. The smallest absolute Gasteiger partial charge is 0.490 e. The number of methoxy groups -OCH3 is 1. The van der Waals surface area contributed by atoms with Gasteiger partial charge in [-0.1, -0.05) is 53.9 Å². The van der Waals surface area contributed by atoms with Gasteiger partial charge in [0.1, 0.15) is 17.4 Å². The first-order valence-electron chi connectivity index (χ1n) is 15.8. The number of aliphatic carboxylic acids is 1. The first-order valence-corrected chi connectivity index (χ1v) is 16.6. The number of nitrogens with one attached hydrogen (secondary N) is 2. The van der Waals surface area contributed by atoms with Crippen LogP contribution in [0.25, 0.3) is 44.7 Å². The zero-order valence-corrected chi connectivity index (χ0v) is 28.5. The number of rotatable bonds is 9. The van der Waals surface area contributed by atoms with Gasteiger partial charge in [0.25, 0.3) is 0 Å². The Kier molecular flexibility index (Phi) is 11.7. The molecule has 13 heteroatoms. The summed E-state index contributed by atoms with van der Waals surface area (Å²) in [7, 11) is 1.68. The molecule has 3 heterocycles. The molecule has 1 saturated heterocycles. The molecule has 6 rings (SSSR count). The number of imidazole rings is 1. The van der Waals surface area contributed by atoms with Gasteiger partial charge in [0, 0.05) is 36.5 Å². The summed E-state index contributed by atoms with van der Waals surface area (Å²) in [6.07, 6.45) is 1.78. The van der Waals surface area contributed by atoms with E-state index < -0.39 is 12.1 Å². The Morgan fingerprint density at radius 1 is 1.04 bits per heavy atom.